The van der Waals surface area contributed by atoms with Gasteiger partial charge in [-0.05, 0) is 35.4 Å². The molecule has 0 aliphatic carbocycles. The summed E-state index contributed by atoms with van der Waals surface area (Å²) >= 11 is 3.18. The molecular weight excluding hydrogens is 361 g/mol. The van der Waals surface area contributed by atoms with Gasteiger partial charge in [-0.25, -0.2) is 4.39 Å². The summed E-state index contributed by atoms with van der Waals surface area (Å²) in [6.07, 6.45) is 1.70. The lowest BCUT2D eigenvalue weighted by Gasteiger charge is -2.07. The van der Waals surface area contributed by atoms with Gasteiger partial charge in [-0.3, -0.25) is 9.89 Å². The molecule has 1 aromatic heterocycles. The van der Waals surface area contributed by atoms with Crippen LogP contribution in [0.25, 0.3) is 11.3 Å². The minimum Gasteiger partial charge on any atom is -0.348 e. The Balaban J connectivity index is 1.65. The Hall–Kier alpha value is -2.47. The van der Waals surface area contributed by atoms with Crippen LogP contribution in [-0.4, -0.2) is 16.1 Å². The van der Waals surface area contributed by atoms with E-state index in [1.54, 1.807) is 12.3 Å². The molecule has 0 aliphatic rings. The highest BCUT2D eigenvalue weighted by Crippen LogP contribution is 2.17. The quantitative estimate of drug-likeness (QED) is 0.728. The van der Waals surface area contributed by atoms with Gasteiger partial charge in [0, 0.05) is 22.8 Å². The molecule has 0 radical (unpaired) electrons. The molecule has 3 rings (SSSR count). The highest BCUT2D eigenvalue weighted by atomic mass is 79.9. The van der Waals surface area contributed by atoms with E-state index >= 15 is 0 Å². The van der Waals surface area contributed by atoms with Crippen LogP contribution in [0.2, 0.25) is 0 Å². The van der Waals surface area contributed by atoms with Crippen molar-refractivity contribution < 1.29 is 9.18 Å². The Morgan fingerprint density at radius 3 is 2.61 bits per heavy atom. The van der Waals surface area contributed by atoms with Crippen LogP contribution in [0.5, 0.6) is 0 Å². The van der Waals surface area contributed by atoms with Crippen molar-refractivity contribution in [2.24, 2.45) is 0 Å². The first-order valence-corrected chi connectivity index (χ1v) is 7.74. The molecule has 0 saturated heterocycles. The normalized spacial score (nSPS) is 10.5. The highest BCUT2D eigenvalue weighted by molar-refractivity contribution is 9.10. The van der Waals surface area contributed by atoms with Crippen LogP contribution in [0.3, 0.4) is 0 Å². The van der Waals surface area contributed by atoms with Crippen LogP contribution >= 0.6 is 15.9 Å². The Kier molecular flexibility index (Phi) is 4.52. The number of aromatic amines is 1. The number of halogens is 2. The molecule has 1 amide bonds. The number of carbonyl (C=O) groups excluding carboxylic acids is 1. The first-order valence-electron chi connectivity index (χ1n) is 6.95. The van der Waals surface area contributed by atoms with Crippen molar-refractivity contribution in [3.05, 3.63) is 76.1 Å². The van der Waals surface area contributed by atoms with Crippen LogP contribution in [0.4, 0.5) is 4.39 Å². The van der Waals surface area contributed by atoms with Crippen LogP contribution < -0.4 is 5.32 Å². The predicted molar refractivity (Wildman–Crippen MR) is 89.3 cm³/mol. The summed E-state index contributed by atoms with van der Waals surface area (Å²) in [5.74, 6) is -0.767. The Bertz CT molecular complexity index is 796. The molecule has 0 atom stereocenters. The minimum atomic E-state index is -0.451. The molecule has 6 heteroatoms. The van der Waals surface area contributed by atoms with Gasteiger partial charge in [0.25, 0.3) is 5.91 Å². The molecular formula is C17H13BrFN3O. The van der Waals surface area contributed by atoms with Crippen LogP contribution in [0, 0.1) is 5.82 Å². The zero-order chi connectivity index (χ0) is 16.2. The molecule has 0 unspecified atom stereocenters. The Labute approximate surface area is 140 Å². The summed E-state index contributed by atoms with van der Waals surface area (Å²) in [6, 6.07) is 13.8. The van der Waals surface area contributed by atoms with Gasteiger partial charge in [-0.2, -0.15) is 5.10 Å². The molecule has 23 heavy (non-hydrogen) atoms. The number of nitrogens with zero attached hydrogens (tertiary/aromatic N) is 1. The van der Waals surface area contributed by atoms with E-state index in [2.05, 4.69) is 31.4 Å². The van der Waals surface area contributed by atoms with Crippen LogP contribution in [0.15, 0.2) is 59.2 Å². The molecule has 1 heterocycles. The largest absolute Gasteiger partial charge is 0.348 e. The van der Waals surface area contributed by atoms with E-state index in [-0.39, 0.29) is 11.5 Å². The molecule has 0 spiro atoms. The molecule has 116 valence electrons. The molecule has 0 saturated carbocycles. The van der Waals surface area contributed by atoms with Gasteiger partial charge < -0.3 is 5.32 Å². The van der Waals surface area contributed by atoms with Crippen molar-refractivity contribution in [3.63, 3.8) is 0 Å². The van der Waals surface area contributed by atoms with Gasteiger partial charge >= 0.3 is 0 Å². The number of amides is 1. The number of hydrogen-bond donors (Lipinski definition) is 2. The van der Waals surface area contributed by atoms with Gasteiger partial charge in [-0.1, -0.05) is 40.2 Å². The topological polar surface area (TPSA) is 57.8 Å². The summed E-state index contributed by atoms with van der Waals surface area (Å²) in [7, 11) is 0. The average Bonchev–Trinajstić information content (AvgIpc) is 3.06. The Morgan fingerprint density at radius 1 is 1.17 bits per heavy atom. The molecule has 0 aliphatic heterocycles. The van der Waals surface area contributed by atoms with Crippen molar-refractivity contribution in [2.45, 2.75) is 6.54 Å². The van der Waals surface area contributed by atoms with Crippen molar-refractivity contribution >= 4 is 21.8 Å². The summed E-state index contributed by atoms with van der Waals surface area (Å²) in [5.41, 5.74) is 3.19. The van der Waals surface area contributed by atoms with Crippen molar-refractivity contribution in [2.75, 3.05) is 0 Å². The summed E-state index contributed by atoms with van der Waals surface area (Å²) in [5, 5.41) is 9.58. The maximum Gasteiger partial charge on any atom is 0.251 e. The lowest BCUT2D eigenvalue weighted by Crippen LogP contribution is -2.22. The van der Waals surface area contributed by atoms with E-state index in [1.807, 2.05) is 30.3 Å². The number of H-pyrrole nitrogens is 1. The van der Waals surface area contributed by atoms with E-state index in [4.69, 9.17) is 0 Å². The number of hydrogen-bond acceptors (Lipinski definition) is 2. The molecule has 3 aromatic rings. The smallest absolute Gasteiger partial charge is 0.251 e. The van der Waals surface area contributed by atoms with E-state index in [1.165, 1.54) is 12.1 Å². The van der Waals surface area contributed by atoms with Crippen LogP contribution in [0.1, 0.15) is 15.9 Å². The first kappa shape index (κ1) is 15.4. The second kappa shape index (κ2) is 6.75. The Morgan fingerprint density at radius 2 is 1.96 bits per heavy atom. The number of aromatic nitrogens is 2. The summed E-state index contributed by atoms with van der Waals surface area (Å²) < 4.78 is 13.8. The fourth-order valence-corrected chi connectivity index (χ4v) is 2.65. The SMILES string of the molecule is O=C(NCc1ccc(-c2ccn[nH]2)cc1)c1cc(F)cc(Br)c1. The van der Waals surface area contributed by atoms with E-state index < -0.39 is 5.82 Å². The first-order chi connectivity index (χ1) is 11.1. The van der Waals surface area contributed by atoms with Gasteiger partial charge in [0.15, 0.2) is 0 Å². The summed E-state index contributed by atoms with van der Waals surface area (Å²) in [6.45, 7) is 0.371. The lowest BCUT2D eigenvalue weighted by molar-refractivity contribution is 0.0950. The zero-order valence-corrected chi connectivity index (χ0v) is 13.6. The van der Waals surface area contributed by atoms with Gasteiger partial charge in [0.2, 0.25) is 0 Å². The van der Waals surface area contributed by atoms with Crippen molar-refractivity contribution in [1.29, 1.82) is 0 Å². The molecule has 2 aromatic carbocycles. The average molecular weight is 374 g/mol. The second-order valence-corrected chi connectivity index (χ2v) is 5.92. The van der Waals surface area contributed by atoms with Crippen LogP contribution in [-0.2, 0) is 6.54 Å². The van der Waals surface area contributed by atoms with Gasteiger partial charge in [0.1, 0.15) is 5.82 Å². The molecule has 0 bridgehead atoms. The fourth-order valence-electron chi connectivity index (χ4n) is 2.19. The van der Waals surface area contributed by atoms with Crippen molar-refractivity contribution in [3.8, 4) is 11.3 Å². The number of nitrogens with one attached hydrogen (secondary N) is 2. The zero-order valence-electron chi connectivity index (χ0n) is 12.0. The second-order valence-electron chi connectivity index (χ2n) is 5.01. The van der Waals surface area contributed by atoms with Gasteiger partial charge in [0.05, 0.1) is 5.69 Å². The maximum atomic E-state index is 13.3. The number of rotatable bonds is 4. The monoisotopic (exact) mass is 373 g/mol. The lowest BCUT2D eigenvalue weighted by atomic mass is 10.1. The third kappa shape index (κ3) is 3.84. The van der Waals surface area contributed by atoms with E-state index in [0.717, 1.165) is 16.8 Å². The summed E-state index contributed by atoms with van der Waals surface area (Å²) in [4.78, 5) is 12.1. The van der Waals surface area contributed by atoms with Gasteiger partial charge in [-0.15, -0.1) is 0 Å². The maximum absolute atomic E-state index is 13.3. The van der Waals surface area contributed by atoms with Crippen molar-refractivity contribution in [1.82, 2.24) is 15.5 Å². The molecule has 2 N–H and O–H groups in total. The third-order valence-electron chi connectivity index (χ3n) is 3.34. The predicted octanol–water partition coefficient (Wildman–Crippen LogP) is 3.91. The highest BCUT2D eigenvalue weighted by Gasteiger charge is 2.08. The molecule has 4 nitrogen and oxygen atoms in total. The number of carbonyl (C=O) groups is 1. The van der Waals surface area contributed by atoms with E-state index in [0.29, 0.717) is 11.0 Å². The van der Waals surface area contributed by atoms with E-state index in [9.17, 15) is 9.18 Å². The minimum absolute atomic E-state index is 0.283. The fraction of sp³-hybridized carbons (Fsp3) is 0.0588. The number of benzene rings is 2. The third-order valence-corrected chi connectivity index (χ3v) is 3.80. The molecule has 0 fully saturated rings. The standard InChI is InChI=1S/C17H13BrFN3O/c18-14-7-13(8-15(19)9-14)17(23)20-10-11-1-3-12(4-2-11)16-5-6-21-22-16/h1-9H,10H2,(H,20,23)(H,21,22).